The van der Waals surface area contributed by atoms with E-state index in [9.17, 15) is 0 Å². The van der Waals surface area contributed by atoms with Gasteiger partial charge in [0.15, 0.2) is 0 Å². The average Bonchev–Trinajstić information content (AvgIpc) is 3.32. The Morgan fingerprint density at radius 1 is 0.733 bits per heavy atom. The summed E-state index contributed by atoms with van der Waals surface area (Å²) in [5.74, 6) is 0. The first-order valence-electron chi connectivity index (χ1n) is 9.69. The summed E-state index contributed by atoms with van der Waals surface area (Å²) in [5, 5.41) is 0. The number of rotatable bonds is 4. The van der Waals surface area contributed by atoms with Crippen molar-refractivity contribution >= 4 is 22.7 Å². The molecule has 0 unspecified atom stereocenters. The molecule has 0 N–H and O–H groups in total. The van der Waals surface area contributed by atoms with Gasteiger partial charge in [0.05, 0.1) is 0 Å². The predicted molar refractivity (Wildman–Crippen MR) is 118 cm³/mol. The first-order valence-corrected chi connectivity index (χ1v) is 9.69. The molecule has 2 heterocycles. The summed E-state index contributed by atoms with van der Waals surface area (Å²) in [6.07, 6.45) is 4.86. The molecule has 0 bridgehead atoms. The molecule has 0 amide bonds. The van der Waals surface area contributed by atoms with Crippen LogP contribution in [0.1, 0.15) is 11.1 Å². The van der Waals surface area contributed by atoms with Crippen molar-refractivity contribution in [2.45, 2.75) is 6.42 Å². The second-order valence-corrected chi connectivity index (χ2v) is 7.37. The van der Waals surface area contributed by atoms with E-state index in [0.717, 1.165) is 28.9 Å². The van der Waals surface area contributed by atoms with Crippen LogP contribution in [0.2, 0.25) is 0 Å². The van der Waals surface area contributed by atoms with Gasteiger partial charge in [0.1, 0.15) is 0 Å². The van der Waals surface area contributed by atoms with Crippen molar-refractivity contribution in [3.63, 3.8) is 0 Å². The molecule has 5 heteroatoms. The zero-order valence-corrected chi connectivity index (χ0v) is 19.2. The molecule has 0 radical (unpaired) electrons. The van der Waals surface area contributed by atoms with Gasteiger partial charge in [0.25, 0.3) is 0 Å². The van der Waals surface area contributed by atoms with E-state index in [1.165, 1.54) is 11.4 Å². The molecule has 0 atom stereocenters. The molecule has 2 aliphatic heterocycles. The topological polar surface area (TPSA) is 13.0 Å². The largest absolute Gasteiger partial charge is 4.00 e. The van der Waals surface area contributed by atoms with Crippen molar-refractivity contribution in [3.8, 4) is 0 Å². The van der Waals surface area contributed by atoms with E-state index in [4.69, 9.17) is 0 Å². The fraction of sp³-hybridized carbons (Fsp3) is 0.120. The van der Waals surface area contributed by atoms with Gasteiger partial charge in [-0.3, -0.25) is 0 Å². The third-order valence-electron chi connectivity index (χ3n) is 5.18. The van der Waals surface area contributed by atoms with E-state index in [0.29, 0.717) is 0 Å². The number of hydrogen-bond acceptors (Lipinski definition) is 4. The predicted octanol–water partition coefficient (Wildman–Crippen LogP) is 4.92. The molecule has 0 saturated carbocycles. The Labute approximate surface area is 193 Å². The van der Waals surface area contributed by atoms with Gasteiger partial charge in [0, 0.05) is 11.4 Å². The van der Waals surface area contributed by atoms with Crippen LogP contribution >= 0.6 is 0 Å². The normalized spacial score (nSPS) is 14.9. The van der Waals surface area contributed by atoms with Gasteiger partial charge in [-0.2, -0.15) is 73.0 Å². The zero-order valence-electron chi connectivity index (χ0n) is 16.9. The van der Waals surface area contributed by atoms with Crippen molar-refractivity contribution in [1.82, 2.24) is 4.90 Å². The summed E-state index contributed by atoms with van der Waals surface area (Å²) >= 11 is 0. The first kappa shape index (κ1) is 20.6. The summed E-state index contributed by atoms with van der Waals surface area (Å²) in [5.41, 5.74) is 6.77. The Morgan fingerprint density at radius 2 is 1.40 bits per heavy atom. The summed E-state index contributed by atoms with van der Waals surface area (Å²) in [6, 6.07) is 28.2. The van der Waals surface area contributed by atoms with Crippen LogP contribution in [0.15, 0.2) is 73.1 Å². The van der Waals surface area contributed by atoms with Gasteiger partial charge in [0.2, 0.25) is 0 Å². The molecule has 2 aliphatic rings. The fourth-order valence-corrected chi connectivity index (χ4v) is 3.76. The second kappa shape index (κ2) is 8.57. The molecule has 152 valence electrons. The third-order valence-corrected chi connectivity index (χ3v) is 5.18. The molecule has 0 aliphatic carbocycles. The van der Waals surface area contributed by atoms with Crippen molar-refractivity contribution in [2.24, 2.45) is 0 Å². The van der Waals surface area contributed by atoms with Gasteiger partial charge >= 0.3 is 21.1 Å². The minimum atomic E-state index is 0. The maximum absolute atomic E-state index is 3.60. The van der Waals surface area contributed by atoms with Crippen LogP contribution in [-0.4, -0.2) is 19.0 Å². The molecule has 3 aromatic rings. The van der Waals surface area contributed by atoms with Crippen LogP contribution < -0.4 is 14.7 Å². The molecular weight excluding hydrogens is 551 g/mol. The number of benzene rings is 3. The summed E-state index contributed by atoms with van der Waals surface area (Å²) in [4.78, 5) is 8.44. The summed E-state index contributed by atoms with van der Waals surface area (Å²) < 4.78 is 0. The van der Waals surface area contributed by atoms with Crippen molar-refractivity contribution in [2.75, 3.05) is 28.8 Å². The van der Waals surface area contributed by atoms with Crippen LogP contribution in [0.5, 0.6) is 0 Å². The minimum absolute atomic E-state index is 0. The fourth-order valence-electron chi connectivity index (χ4n) is 3.76. The van der Waals surface area contributed by atoms with Crippen LogP contribution in [0.25, 0.3) is 0 Å². The number of hydrogen-bond donors (Lipinski definition) is 0. The molecule has 0 fully saturated rings. The molecular formula is C25H22N4Pt. The second-order valence-electron chi connectivity index (χ2n) is 7.37. The number of para-hydroxylation sites is 2. The zero-order chi connectivity index (χ0) is 19.8. The first-order chi connectivity index (χ1) is 14.2. The number of nitrogens with zero attached hydrogens (tertiary/aromatic N) is 4. The van der Waals surface area contributed by atoms with E-state index < -0.39 is 0 Å². The molecule has 5 rings (SSSR count). The maximum Gasteiger partial charge on any atom is 4.00 e. The van der Waals surface area contributed by atoms with Crippen LogP contribution in [0.4, 0.5) is 22.7 Å². The summed E-state index contributed by atoms with van der Waals surface area (Å²) in [7, 11) is 4.09. The molecule has 4 nitrogen and oxygen atoms in total. The Morgan fingerprint density at radius 3 is 2.10 bits per heavy atom. The molecule has 3 aromatic carbocycles. The molecule has 0 saturated heterocycles. The van der Waals surface area contributed by atoms with Gasteiger partial charge < -0.3 is 19.6 Å². The molecule has 30 heavy (non-hydrogen) atoms. The molecule has 0 aromatic heterocycles. The van der Waals surface area contributed by atoms with E-state index in [-0.39, 0.29) is 21.1 Å². The SMILES string of the molecule is CN1C=CN(c2[c-]c(Cc3[c-]c(N4[CH-]N(C)c5ccccc54)ccc3)ccc2)[CH-]1.[Pt+4]. The van der Waals surface area contributed by atoms with Gasteiger partial charge in [-0.25, -0.2) is 0 Å². The summed E-state index contributed by atoms with van der Waals surface area (Å²) in [6.45, 7) is 4.15. The van der Waals surface area contributed by atoms with Crippen molar-refractivity contribution in [1.29, 1.82) is 0 Å². The Kier molecular flexibility index (Phi) is 5.87. The quantitative estimate of drug-likeness (QED) is 0.411. The van der Waals surface area contributed by atoms with Crippen LogP contribution in [-0.2, 0) is 27.5 Å². The van der Waals surface area contributed by atoms with E-state index in [2.05, 4.69) is 101 Å². The Hall–Kier alpha value is -2.71. The Balaban J connectivity index is 0.00000218. The minimum Gasteiger partial charge on any atom is -0.510 e. The smallest absolute Gasteiger partial charge is 0.510 e. The third kappa shape index (κ3) is 3.97. The van der Waals surface area contributed by atoms with Crippen LogP contribution in [0.3, 0.4) is 0 Å². The Bertz CT molecular complexity index is 1060. The van der Waals surface area contributed by atoms with E-state index >= 15 is 0 Å². The average molecular weight is 574 g/mol. The van der Waals surface area contributed by atoms with Gasteiger partial charge in [-0.05, 0) is 45.0 Å². The van der Waals surface area contributed by atoms with E-state index in [1.54, 1.807) is 0 Å². The van der Waals surface area contributed by atoms with Crippen LogP contribution in [0, 0.1) is 25.5 Å². The monoisotopic (exact) mass is 573 g/mol. The maximum atomic E-state index is 3.60. The number of fused-ring (bicyclic) bond motifs is 1. The van der Waals surface area contributed by atoms with Crippen molar-refractivity contribution < 1.29 is 21.1 Å². The molecule has 0 spiro atoms. The van der Waals surface area contributed by atoms with Gasteiger partial charge in [-0.1, -0.05) is 12.1 Å². The van der Waals surface area contributed by atoms with Gasteiger partial charge in [-0.15, -0.1) is 11.4 Å². The van der Waals surface area contributed by atoms with E-state index in [1.807, 2.05) is 31.0 Å². The standard InChI is InChI=1S/C25H22N4.Pt/c1-26-13-14-28(18-26)22-9-5-7-20(16-22)15-21-8-6-10-23(17-21)29-19-27(2)24-11-3-4-12-25(24)29;/h3-14,18-19H,15H2,1-2H3;/q-4;+4. The van der Waals surface area contributed by atoms with Crippen molar-refractivity contribution in [3.05, 3.63) is 110 Å². The number of anilines is 4.